The van der Waals surface area contributed by atoms with E-state index in [-0.39, 0.29) is 0 Å². The molecule has 0 radical (unpaired) electrons. The summed E-state index contributed by atoms with van der Waals surface area (Å²) >= 11 is 0. The number of hydrogen-bond donors (Lipinski definition) is 0. The quantitative estimate of drug-likeness (QED) is 0.480. The third kappa shape index (κ3) is 0.792. The van der Waals surface area contributed by atoms with Crippen molar-refractivity contribution in [3.63, 3.8) is 0 Å². The molecule has 0 saturated heterocycles. The van der Waals surface area contributed by atoms with Gasteiger partial charge in [-0.1, -0.05) is 0 Å². The highest BCUT2D eigenvalue weighted by Gasteiger charge is 2.02. The van der Waals surface area contributed by atoms with Gasteiger partial charge in [-0.3, -0.25) is 4.98 Å². The van der Waals surface area contributed by atoms with Crippen LogP contribution in [0.3, 0.4) is 0 Å². The highest BCUT2D eigenvalue weighted by Crippen LogP contribution is 2.13. The van der Waals surface area contributed by atoms with Crippen molar-refractivity contribution < 1.29 is 0 Å². The van der Waals surface area contributed by atoms with Crippen molar-refractivity contribution in [2.45, 2.75) is 0 Å². The van der Waals surface area contributed by atoms with E-state index in [1.54, 1.807) is 18.6 Å². The van der Waals surface area contributed by atoms with Crippen molar-refractivity contribution in [1.29, 1.82) is 0 Å². The molecule has 0 fully saturated rings. The fraction of sp³-hybridized carbons (Fsp3) is 0. The molecular weight excluding hydrogens is 168 g/mol. The van der Waals surface area contributed by atoms with Crippen molar-refractivity contribution in [2.24, 2.45) is 0 Å². The van der Waals surface area contributed by atoms with Crippen LogP contribution >= 0.6 is 0 Å². The van der Waals surface area contributed by atoms with Crippen LogP contribution in [0.25, 0.3) is 16.4 Å². The molecule has 6 nitrogen and oxygen atoms in total. The topological polar surface area (TPSA) is 68.9 Å². The summed E-state index contributed by atoms with van der Waals surface area (Å²) in [5, 5.41) is 17.0. The van der Waals surface area contributed by atoms with Gasteiger partial charge in [-0.05, 0) is 16.5 Å². The molecule has 0 N–H and O–H groups in total. The Kier molecular flexibility index (Phi) is 1.08. The van der Waals surface area contributed by atoms with Crippen LogP contribution in [0.15, 0.2) is 24.7 Å². The molecular formula is C7H4N6. The Morgan fingerprint density at radius 1 is 1.23 bits per heavy atom. The van der Waals surface area contributed by atoms with Gasteiger partial charge in [-0.25, -0.2) is 0 Å². The zero-order valence-electron chi connectivity index (χ0n) is 6.49. The Bertz CT molecular complexity index is 571. The van der Waals surface area contributed by atoms with Gasteiger partial charge in [0.1, 0.15) is 0 Å². The first-order valence-corrected chi connectivity index (χ1v) is 3.72. The second-order valence-electron chi connectivity index (χ2n) is 2.60. The number of nitrogens with zero attached hydrogens (tertiary/aromatic N) is 6. The number of pyridine rings is 1. The van der Waals surface area contributed by atoms with Crippen LogP contribution in [-0.2, 0) is 0 Å². The Hall–Kier alpha value is -2.11. The van der Waals surface area contributed by atoms with Crippen LogP contribution < -0.4 is 0 Å². The monoisotopic (exact) mass is 172 g/mol. The van der Waals surface area contributed by atoms with E-state index in [4.69, 9.17) is 0 Å². The van der Waals surface area contributed by atoms with Gasteiger partial charge in [0, 0.05) is 23.2 Å². The van der Waals surface area contributed by atoms with E-state index in [1.807, 2.05) is 6.07 Å². The molecule has 0 unspecified atom stereocenters. The van der Waals surface area contributed by atoms with Crippen LogP contribution in [0.4, 0.5) is 0 Å². The largest absolute Gasteiger partial charge is 0.264 e. The molecule has 0 spiro atoms. The summed E-state index contributed by atoms with van der Waals surface area (Å²) in [5.41, 5.74) is 0.653. The normalized spacial score (nSPS) is 11.1. The molecule has 0 bridgehead atoms. The van der Waals surface area contributed by atoms with E-state index in [9.17, 15) is 0 Å². The average Bonchev–Trinajstić information content (AvgIpc) is 2.65. The lowest BCUT2D eigenvalue weighted by atomic mass is 10.2. The summed E-state index contributed by atoms with van der Waals surface area (Å²) in [6.07, 6.45) is 5.12. The molecule has 3 aromatic rings. The van der Waals surface area contributed by atoms with E-state index in [2.05, 4.69) is 25.6 Å². The molecule has 6 heteroatoms. The Morgan fingerprint density at radius 2 is 2.23 bits per heavy atom. The van der Waals surface area contributed by atoms with Gasteiger partial charge < -0.3 is 0 Å². The summed E-state index contributed by atoms with van der Waals surface area (Å²) in [6.45, 7) is 0. The van der Waals surface area contributed by atoms with Crippen molar-refractivity contribution in [3.05, 3.63) is 24.7 Å². The molecule has 3 heterocycles. The van der Waals surface area contributed by atoms with Gasteiger partial charge in [0.05, 0.1) is 6.20 Å². The third-order valence-electron chi connectivity index (χ3n) is 1.85. The van der Waals surface area contributed by atoms with Crippen molar-refractivity contribution in [3.8, 4) is 0 Å². The molecule has 0 atom stereocenters. The van der Waals surface area contributed by atoms with Gasteiger partial charge in [-0.2, -0.15) is 5.10 Å². The summed E-state index contributed by atoms with van der Waals surface area (Å²) in [4.78, 5) is 3.99. The first kappa shape index (κ1) is 6.41. The molecule has 0 aliphatic heterocycles. The van der Waals surface area contributed by atoms with E-state index in [0.717, 1.165) is 10.8 Å². The third-order valence-corrected chi connectivity index (χ3v) is 1.85. The number of fused-ring (bicyclic) bond motifs is 3. The van der Waals surface area contributed by atoms with E-state index in [1.165, 1.54) is 4.63 Å². The first-order valence-electron chi connectivity index (χ1n) is 3.72. The van der Waals surface area contributed by atoms with Crippen molar-refractivity contribution >= 4 is 16.4 Å². The molecule has 0 aromatic carbocycles. The zero-order chi connectivity index (χ0) is 8.67. The predicted octanol–water partition coefficient (Wildman–Crippen LogP) is 0.0675. The maximum Gasteiger partial charge on any atom is 0.207 e. The standard InChI is InChI=1S/C7H4N6/c1-2-8-3-5-4-9-13-7(6(1)5)10-11-12-13/h1-4H. The van der Waals surface area contributed by atoms with Crippen LogP contribution in [0, 0.1) is 0 Å². The second-order valence-corrected chi connectivity index (χ2v) is 2.60. The fourth-order valence-corrected chi connectivity index (χ4v) is 1.25. The van der Waals surface area contributed by atoms with E-state index in [0.29, 0.717) is 5.65 Å². The van der Waals surface area contributed by atoms with E-state index >= 15 is 0 Å². The van der Waals surface area contributed by atoms with Crippen LogP contribution in [0.2, 0.25) is 0 Å². The minimum Gasteiger partial charge on any atom is -0.264 e. The van der Waals surface area contributed by atoms with Gasteiger partial charge in [-0.15, -0.1) is 9.73 Å². The number of hydrogen-bond acceptors (Lipinski definition) is 5. The highest BCUT2D eigenvalue weighted by atomic mass is 15.6. The summed E-state index contributed by atoms with van der Waals surface area (Å²) in [6, 6.07) is 1.86. The molecule has 0 saturated carbocycles. The second kappa shape index (κ2) is 2.19. The summed E-state index contributed by atoms with van der Waals surface area (Å²) in [5.74, 6) is 0. The van der Waals surface area contributed by atoms with Crippen LogP contribution in [0.5, 0.6) is 0 Å². The van der Waals surface area contributed by atoms with Gasteiger partial charge in [0.15, 0.2) is 0 Å². The van der Waals surface area contributed by atoms with Crippen molar-refractivity contribution in [1.82, 2.24) is 30.2 Å². The number of tetrazole rings is 1. The molecule has 62 valence electrons. The lowest BCUT2D eigenvalue weighted by Gasteiger charge is -1.94. The smallest absolute Gasteiger partial charge is 0.207 e. The molecule has 13 heavy (non-hydrogen) atoms. The summed E-state index contributed by atoms with van der Waals surface area (Å²) in [7, 11) is 0. The zero-order valence-corrected chi connectivity index (χ0v) is 6.49. The fourth-order valence-electron chi connectivity index (χ4n) is 1.25. The van der Waals surface area contributed by atoms with Gasteiger partial charge >= 0.3 is 0 Å². The minimum atomic E-state index is 0.653. The maximum absolute atomic E-state index is 4.01. The van der Waals surface area contributed by atoms with Crippen molar-refractivity contribution in [2.75, 3.05) is 0 Å². The lowest BCUT2D eigenvalue weighted by Crippen LogP contribution is -1.93. The Morgan fingerprint density at radius 3 is 3.23 bits per heavy atom. The molecule has 0 amide bonds. The van der Waals surface area contributed by atoms with Gasteiger partial charge in [0.25, 0.3) is 0 Å². The molecule has 3 aromatic heterocycles. The number of aromatic nitrogens is 6. The maximum atomic E-state index is 4.01. The lowest BCUT2D eigenvalue weighted by molar-refractivity contribution is 0.736. The molecule has 0 aliphatic rings. The first-order chi connectivity index (χ1) is 6.45. The SMILES string of the molecule is c1cc2c(cn1)cnn1nnnc21. The van der Waals surface area contributed by atoms with E-state index < -0.39 is 0 Å². The Balaban J connectivity index is 2.65. The molecule has 3 rings (SSSR count). The average molecular weight is 172 g/mol. The summed E-state index contributed by atoms with van der Waals surface area (Å²) < 4.78 is 1.39. The van der Waals surface area contributed by atoms with Crippen LogP contribution in [-0.4, -0.2) is 30.2 Å². The Labute approximate surface area is 72.2 Å². The van der Waals surface area contributed by atoms with Crippen LogP contribution in [0.1, 0.15) is 0 Å². The number of rotatable bonds is 0. The minimum absolute atomic E-state index is 0.653. The predicted molar refractivity (Wildman–Crippen MR) is 43.9 cm³/mol. The highest BCUT2D eigenvalue weighted by molar-refractivity contribution is 5.91. The van der Waals surface area contributed by atoms with Gasteiger partial charge in [0.2, 0.25) is 5.65 Å². The molecule has 0 aliphatic carbocycles.